The van der Waals surface area contributed by atoms with E-state index in [2.05, 4.69) is 216 Å². The van der Waals surface area contributed by atoms with Crippen LogP contribution in [0.5, 0.6) is 0 Å². The Hall–Kier alpha value is -5.32. The summed E-state index contributed by atoms with van der Waals surface area (Å²) in [5, 5.41) is 14.4. The third kappa shape index (κ3) is 7.84. The predicted octanol–water partition coefficient (Wildman–Crippen LogP) is 14.6. The van der Waals surface area contributed by atoms with Crippen molar-refractivity contribution in [3.8, 4) is 34.2 Å². The molecule has 5 aromatic heterocycles. The molecule has 0 radical (unpaired) electrons. The molecule has 0 bridgehead atoms. The molecule has 0 aliphatic rings. The topological polar surface area (TPSA) is 62.6 Å². The van der Waals surface area contributed by atoms with Crippen molar-refractivity contribution < 1.29 is 21.1 Å². The maximum absolute atomic E-state index is 5.51. The smallest absolute Gasteiger partial charge is 0.573 e. The van der Waals surface area contributed by atoms with E-state index in [1.165, 1.54) is 38.8 Å². The average molecular weight is 1030 g/mol. The van der Waals surface area contributed by atoms with E-state index < -0.39 is 0 Å². The van der Waals surface area contributed by atoms with Gasteiger partial charge in [-0.25, -0.2) is 9.97 Å². The molecule has 7 heteroatoms. The summed E-state index contributed by atoms with van der Waals surface area (Å²) >= 11 is 0. The van der Waals surface area contributed by atoms with Crippen molar-refractivity contribution in [2.45, 2.75) is 131 Å². The number of pyridine rings is 2. The SMILES string of the molecule is CC(C)(C)c1ccnc(-n2c3[c-]c(-n4c5ccc(C(C)(C)C)cc5c5ccc(-c6cc(-c7c(C(C)(C)C)cc(C(C)(C)C)cc7C(C)(C)C)n[n-]6)nc54)ccc3c3ccccc32)c1.[Pt+2]. The van der Waals surface area contributed by atoms with Gasteiger partial charge >= 0.3 is 21.1 Å². The number of fused-ring (bicyclic) bond motifs is 6. The predicted molar refractivity (Wildman–Crippen MR) is 265 cm³/mol. The first-order chi connectivity index (χ1) is 29.4. The minimum atomic E-state index is -0.117. The molecule has 4 aromatic carbocycles. The zero-order valence-electron chi connectivity index (χ0n) is 40.3. The van der Waals surface area contributed by atoms with Crippen LogP contribution in [0.25, 0.3) is 77.9 Å². The van der Waals surface area contributed by atoms with Crippen molar-refractivity contribution in [1.29, 1.82) is 0 Å². The van der Waals surface area contributed by atoms with Gasteiger partial charge < -0.3 is 19.3 Å². The van der Waals surface area contributed by atoms with Crippen LogP contribution in [0.15, 0.2) is 103 Å². The standard InChI is InChI=1S/C57H62N6.Pt/c1-53(2,3)34-20-25-48-41(28-34)40-23-24-44(45-33-46(61-60-45)51-42(56(10,11)12)29-36(55(7,8)9)30-43(51)57(13,14)15)59-52(40)62(48)37-21-22-39-38-18-16-17-19-47(38)63(49(39)32-37)50-31-35(26-27-58-50)54(4,5)6;/h16-31,33H,1-15H3;/q-2;+2. The van der Waals surface area contributed by atoms with Crippen LogP contribution in [-0.2, 0) is 48.1 Å². The van der Waals surface area contributed by atoms with Gasteiger partial charge in [0.25, 0.3) is 0 Å². The number of hydrogen-bond acceptors (Lipinski definition) is 3. The summed E-state index contributed by atoms with van der Waals surface area (Å²) in [6.45, 7) is 34.2. The first-order valence-corrected chi connectivity index (χ1v) is 22.5. The maximum atomic E-state index is 5.51. The molecule has 0 atom stereocenters. The number of hydrogen-bond donors (Lipinski definition) is 0. The molecule has 0 aliphatic carbocycles. The van der Waals surface area contributed by atoms with E-state index in [4.69, 9.17) is 20.2 Å². The van der Waals surface area contributed by atoms with Crippen LogP contribution in [0.2, 0.25) is 0 Å². The summed E-state index contributed by atoms with van der Waals surface area (Å²) in [6, 6.07) is 39.4. The molecule has 0 fully saturated rings. The maximum Gasteiger partial charge on any atom is 2.00 e. The molecule has 9 rings (SSSR count). The summed E-state index contributed by atoms with van der Waals surface area (Å²) in [4.78, 5) is 10.5. The van der Waals surface area contributed by atoms with Gasteiger partial charge in [0.15, 0.2) is 0 Å². The van der Waals surface area contributed by atoms with Crippen molar-refractivity contribution in [2.75, 3.05) is 0 Å². The Morgan fingerprint density at radius 3 is 1.75 bits per heavy atom. The van der Waals surface area contributed by atoms with E-state index in [9.17, 15) is 0 Å². The Balaban J connectivity index is 0.00000560. The van der Waals surface area contributed by atoms with E-state index in [1.807, 2.05) is 6.20 Å². The van der Waals surface area contributed by atoms with Crippen LogP contribution >= 0.6 is 0 Å². The van der Waals surface area contributed by atoms with E-state index >= 15 is 0 Å². The normalized spacial score (nSPS) is 13.1. The number of benzene rings is 4. The first-order valence-electron chi connectivity index (χ1n) is 22.5. The Bertz CT molecular complexity index is 3210. The monoisotopic (exact) mass is 1030 g/mol. The van der Waals surface area contributed by atoms with Crippen molar-refractivity contribution in [1.82, 2.24) is 29.3 Å². The van der Waals surface area contributed by atoms with Crippen LogP contribution in [0.1, 0.15) is 132 Å². The van der Waals surface area contributed by atoms with Crippen LogP contribution in [-0.4, -0.2) is 24.2 Å². The second kappa shape index (κ2) is 15.4. The summed E-state index contributed by atoms with van der Waals surface area (Å²) in [6.07, 6.45) is 1.93. The molecule has 0 saturated heterocycles. The zero-order valence-corrected chi connectivity index (χ0v) is 42.6. The van der Waals surface area contributed by atoms with Crippen molar-refractivity contribution in [2.24, 2.45) is 0 Å². The van der Waals surface area contributed by atoms with Crippen molar-refractivity contribution in [3.05, 3.63) is 137 Å². The molecule has 0 saturated carbocycles. The third-order valence-corrected chi connectivity index (χ3v) is 12.8. The molecule has 64 heavy (non-hydrogen) atoms. The molecule has 0 amide bonds. The third-order valence-electron chi connectivity index (χ3n) is 12.8. The van der Waals surface area contributed by atoms with Gasteiger partial charge in [-0.2, -0.15) is 6.07 Å². The Kier molecular flexibility index (Phi) is 10.9. The molecular weight excluding hydrogens is 964 g/mol. The van der Waals surface area contributed by atoms with Gasteiger partial charge in [0, 0.05) is 33.7 Å². The average Bonchev–Trinajstić information content (AvgIpc) is 3.91. The van der Waals surface area contributed by atoms with E-state index in [-0.39, 0.29) is 48.1 Å². The molecule has 330 valence electrons. The van der Waals surface area contributed by atoms with Gasteiger partial charge in [0.1, 0.15) is 11.5 Å². The van der Waals surface area contributed by atoms with E-state index in [1.54, 1.807) is 0 Å². The molecular formula is C57H62N6Pt. The molecule has 6 nitrogen and oxygen atoms in total. The minimum Gasteiger partial charge on any atom is -0.573 e. The molecule has 0 aliphatic heterocycles. The molecule has 9 aromatic rings. The molecule has 5 heterocycles. The van der Waals surface area contributed by atoms with Gasteiger partial charge in [0.2, 0.25) is 0 Å². The first kappa shape index (κ1) is 45.3. The number of para-hydroxylation sites is 1. The summed E-state index contributed by atoms with van der Waals surface area (Å²) in [5.41, 5.74) is 14.6. The summed E-state index contributed by atoms with van der Waals surface area (Å²) in [5.74, 6) is 0.877. The van der Waals surface area contributed by atoms with Crippen LogP contribution < -0.4 is 5.10 Å². The fourth-order valence-corrected chi connectivity index (χ4v) is 9.08. The Morgan fingerprint density at radius 1 is 0.500 bits per heavy atom. The summed E-state index contributed by atoms with van der Waals surface area (Å²) < 4.78 is 4.54. The van der Waals surface area contributed by atoms with Crippen LogP contribution in [0.4, 0.5) is 0 Å². The summed E-state index contributed by atoms with van der Waals surface area (Å²) in [7, 11) is 0. The molecule has 0 unspecified atom stereocenters. The molecule has 0 N–H and O–H groups in total. The fourth-order valence-electron chi connectivity index (χ4n) is 9.08. The van der Waals surface area contributed by atoms with Crippen molar-refractivity contribution >= 4 is 43.7 Å². The van der Waals surface area contributed by atoms with E-state index in [0.29, 0.717) is 0 Å². The molecule has 0 spiro atoms. The van der Waals surface area contributed by atoms with Gasteiger partial charge in [-0.15, -0.1) is 17.5 Å². The Labute approximate surface area is 394 Å². The van der Waals surface area contributed by atoms with Crippen molar-refractivity contribution in [3.63, 3.8) is 0 Å². The van der Waals surface area contributed by atoms with Crippen LogP contribution in [0.3, 0.4) is 0 Å². The Morgan fingerprint density at radius 2 is 1.11 bits per heavy atom. The quantitative estimate of drug-likeness (QED) is 0.165. The van der Waals surface area contributed by atoms with Gasteiger partial charge in [-0.1, -0.05) is 157 Å². The minimum absolute atomic E-state index is 0. The number of nitrogens with zero attached hydrogens (tertiary/aromatic N) is 6. The number of aromatic nitrogens is 6. The zero-order chi connectivity index (χ0) is 45.2. The van der Waals surface area contributed by atoms with E-state index in [0.717, 1.165) is 66.9 Å². The fraction of sp³-hybridized carbons (Fsp3) is 0.351. The second-order valence-electron chi connectivity index (χ2n) is 22.8. The van der Waals surface area contributed by atoms with Gasteiger partial charge in [-0.05, 0) is 109 Å². The second-order valence-corrected chi connectivity index (χ2v) is 22.8. The van der Waals surface area contributed by atoms with Crippen LogP contribution in [0, 0.1) is 6.07 Å². The number of rotatable bonds is 4. The van der Waals surface area contributed by atoms with Gasteiger partial charge in [-0.3, -0.25) is 0 Å². The van der Waals surface area contributed by atoms with Gasteiger partial charge in [0.05, 0.1) is 11.2 Å². The largest absolute Gasteiger partial charge is 2.00 e.